The highest BCUT2D eigenvalue weighted by molar-refractivity contribution is 7.92. The van der Waals surface area contributed by atoms with Gasteiger partial charge >= 0.3 is 5.97 Å². The molecule has 0 spiro atoms. The van der Waals surface area contributed by atoms with Crippen LogP contribution in [0.5, 0.6) is 0 Å². The van der Waals surface area contributed by atoms with Crippen LogP contribution in [0.2, 0.25) is 5.02 Å². The van der Waals surface area contributed by atoms with Gasteiger partial charge in [-0.1, -0.05) is 28.9 Å². The maximum absolute atomic E-state index is 12.9. The monoisotopic (exact) mass is 553 g/mol. The molecule has 3 aromatic carbocycles. The van der Waals surface area contributed by atoms with Crippen molar-refractivity contribution in [3.63, 3.8) is 0 Å². The largest absolute Gasteiger partial charge is 0.462 e. The van der Waals surface area contributed by atoms with Crippen LogP contribution in [0.15, 0.2) is 76.6 Å². The quantitative estimate of drug-likeness (QED) is 0.263. The van der Waals surface area contributed by atoms with E-state index in [4.69, 9.17) is 22.8 Å². The summed E-state index contributed by atoms with van der Waals surface area (Å²) in [5.41, 5.74) is 1.65. The van der Waals surface area contributed by atoms with Crippen molar-refractivity contribution in [1.29, 1.82) is 0 Å². The fourth-order valence-electron chi connectivity index (χ4n) is 3.40. The third kappa shape index (κ3) is 5.91. The highest BCUT2D eigenvalue weighted by Gasteiger charge is 2.15. The summed E-state index contributed by atoms with van der Waals surface area (Å²) >= 11 is 7.04. The number of amides is 1. The molecule has 0 unspecified atom stereocenters. The molecule has 1 aromatic heterocycles. The molecule has 1 N–H and O–H groups in total. The SMILES string of the molecule is C#CCn1c(=NC(=O)c2ccc(NS(=O)(=O)c3ccc(Cl)cc3)cc2)sc2cc(C(=O)OCC)ccc21. The molecule has 0 radical (unpaired) electrons. The first-order chi connectivity index (χ1) is 17.7. The van der Waals surface area contributed by atoms with E-state index in [2.05, 4.69) is 15.6 Å². The fraction of sp³-hybridized carbons (Fsp3) is 0.115. The Labute approximate surface area is 222 Å². The molecule has 8 nitrogen and oxygen atoms in total. The summed E-state index contributed by atoms with van der Waals surface area (Å²) in [5, 5.41) is 0.423. The van der Waals surface area contributed by atoms with E-state index in [1.807, 2.05) is 0 Å². The summed E-state index contributed by atoms with van der Waals surface area (Å²) in [7, 11) is -3.82. The third-order valence-corrected chi connectivity index (χ3v) is 7.84. The average Bonchev–Trinajstić information content (AvgIpc) is 3.21. The lowest BCUT2D eigenvalue weighted by atomic mass is 10.2. The Hall–Kier alpha value is -3.91. The van der Waals surface area contributed by atoms with Crippen molar-refractivity contribution in [2.45, 2.75) is 18.4 Å². The van der Waals surface area contributed by atoms with Gasteiger partial charge in [0, 0.05) is 16.3 Å². The number of halogens is 1. The van der Waals surface area contributed by atoms with E-state index < -0.39 is 21.9 Å². The number of anilines is 1. The fourth-order valence-corrected chi connectivity index (χ4v) is 5.66. The lowest BCUT2D eigenvalue weighted by molar-refractivity contribution is 0.0526. The molecule has 0 fully saturated rings. The molecule has 0 atom stereocenters. The zero-order valence-electron chi connectivity index (χ0n) is 19.5. The molecule has 37 heavy (non-hydrogen) atoms. The van der Waals surface area contributed by atoms with Gasteiger partial charge in [-0.2, -0.15) is 4.99 Å². The van der Waals surface area contributed by atoms with Gasteiger partial charge in [-0.25, -0.2) is 13.2 Å². The molecule has 4 aromatic rings. The number of fused-ring (bicyclic) bond motifs is 1. The smallest absolute Gasteiger partial charge is 0.338 e. The van der Waals surface area contributed by atoms with E-state index in [0.29, 0.717) is 15.4 Å². The van der Waals surface area contributed by atoms with Gasteiger partial charge in [-0.15, -0.1) is 6.42 Å². The summed E-state index contributed by atoms with van der Waals surface area (Å²) < 4.78 is 35.1. The number of hydrogen-bond donors (Lipinski definition) is 1. The molecule has 0 aliphatic heterocycles. The second-order valence-electron chi connectivity index (χ2n) is 7.63. The van der Waals surface area contributed by atoms with E-state index in [9.17, 15) is 18.0 Å². The zero-order chi connectivity index (χ0) is 26.6. The molecule has 0 aliphatic carbocycles. The molecular weight excluding hydrogens is 534 g/mol. The van der Waals surface area contributed by atoms with Crippen LogP contribution in [-0.4, -0.2) is 31.5 Å². The molecule has 4 rings (SSSR count). The van der Waals surface area contributed by atoms with Crippen LogP contribution in [0, 0.1) is 12.3 Å². The number of terminal acetylenes is 1. The second-order valence-corrected chi connectivity index (χ2v) is 10.8. The number of esters is 1. The first-order valence-electron chi connectivity index (χ1n) is 10.9. The Morgan fingerprint density at radius 3 is 2.41 bits per heavy atom. The predicted octanol–water partition coefficient (Wildman–Crippen LogP) is 4.71. The van der Waals surface area contributed by atoms with Gasteiger partial charge in [0.2, 0.25) is 0 Å². The van der Waals surface area contributed by atoms with E-state index in [-0.39, 0.29) is 29.3 Å². The van der Waals surface area contributed by atoms with Crippen molar-refractivity contribution in [1.82, 2.24) is 4.57 Å². The molecule has 0 saturated carbocycles. The summed E-state index contributed by atoms with van der Waals surface area (Å²) in [4.78, 5) is 29.7. The zero-order valence-corrected chi connectivity index (χ0v) is 21.9. The highest BCUT2D eigenvalue weighted by atomic mass is 35.5. The van der Waals surface area contributed by atoms with Crippen molar-refractivity contribution in [2.75, 3.05) is 11.3 Å². The van der Waals surface area contributed by atoms with Crippen LogP contribution in [0.3, 0.4) is 0 Å². The summed E-state index contributed by atoms with van der Waals surface area (Å²) in [6, 6.07) is 16.7. The minimum atomic E-state index is -3.82. The van der Waals surface area contributed by atoms with Crippen molar-refractivity contribution in [3.05, 3.63) is 87.7 Å². The first-order valence-corrected chi connectivity index (χ1v) is 13.6. The Balaban J connectivity index is 1.61. The molecule has 0 saturated heterocycles. The highest BCUT2D eigenvalue weighted by Crippen LogP contribution is 2.21. The lowest BCUT2D eigenvalue weighted by Crippen LogP contribution is -2.16. The number of ether oxygens (including phenoxy) is 1. The number of aromatic nitrogens is 1. The van der Waals surface area contributed by atoms with E-state index in [0.717, 1.165) is 10.2 Å². The number of rotatable bonds is 7. The lowest BCUT2D eigenvalue weighted by Gasteiger charge is -2.08. The topological polar surface area (TPSA) is 107 Å². The molecule has 0 bridgehead atoms. The number of sulfonamides is 1. The Morgan fingerprint density at radius 1 is 1.08 bits per heavy atom. The molecular formula is C26H20ClN3O5S2. The number of carbonyl (C=O) groups is 2. The van der Waals surface area contributed by atoms with Crippen LogP contribution in [0.25, 0.3) is 10.2 Å². The van der Waals surface area contributed by atoms with Gasteiger partial charge in [-0.05, 0) is 73.7 Å². The number of carbonyl (C=O) groups excluding carboxylic acids is 2. The summed E-state index contributed by atoms with van der Waals surface area (Å²) in [5.74, 6) is 1.58. The van der Waals surface area contributed by atoms with Crippen LogP contribution in [-0.2, 0) is 21.3 Å². The van der Waals surface area contributed by atoms with Crippen molar-refractivity contribution in [3.8, 4) is 12.3 Å². The van der Waals surface area contributed by atoms with Crippen LogP contribution >= 0.6 is 22.9 Å². The molecule has 1 heterocycles. The summed E-state index contributed by atoms with van der Waals surface area (Å²) in [6.07, 6.45) is 5.53. The predicted molar refractivity (Wildman–Crippen MR) is 143 cm³/mol. The van der Waals surface area contributed by atoms with Crippen LogP contribution < -0.4 is 9.52 Å². The van der Waals surface area contributed by atoms with Crippen LogP contribution in [0.1, 0.15) is 27.6 Å². The van der Waals surface area contributed by atoms with Crippen molar-refractivity contribution in [2.24, 2.45) is 4.99 Å². The van der Waals surface area contributed by atoms with Gasteiger partial charge in [0.15, 0.2) is 4.80 Å². The van der Waals surface area contributed by atoms with Gasteiger partial charge in [-0.3, -0.25) is 9.52 Å². The summed E-state index contributed by atoms with van der Waals surface area (Å²) in [6.45, 7) is 2.16. The third-order valence-electron chi connectivity index (χ3n) is 5.15. The number of benzene rings is 3. The van der Waals surface area contributed by atoms with Crippen LogP contribution in [0.4, 0.5) is 5.69 Å². The van der Waals surface area contributed by atoms with Gasteiger partial charge in [0.05, 0.1) is 33.8 Å². The maximum Gasteiger partial charge on any atom is 0.338 e. The van der Waals surface area contributed by atoms with E-state index >= 15 is 0 Å². The number of hydrogen-bond acceptors (Lipinski definition) is 6. The Kier molecular flexibility index (Phi) is 7.78. The normalized spacial score (nSPS) is 11.8. The van der Waals surface area contributed by atoms with Gasteiger partial charge in [0.25, 0.3) is 15.9 Å². The Morgan fingerprint density at radius 2 is 1.76 bits per heavy atom. The Bertz CT molecular complexity index is 1700. The molecule has 11 heteroatoms. The second kappa shape index (κ2) is 11.0. The maximum atomic E-state index is 12.9. The molecule has 188 valence electrons. The minimum Gasteiger partial charge on any atom is -0.462 e. The van der Waals surface area contributed by atoms with E-state index in [1.54, 1.807) is 29.7 Å². The van der Waals surface area contributed by atoms with Crippen molar-refractivity contribution >= 4 is 60.7 Å². The molecule has 0 aliphatic rings. The van der Waals surface area contributed by atoms with E-state index in [1.165, 1.54) is 59.9 Å². The number of nitrogens with one attached hydrogen (secondary N) is 1. The minimum absolute atomic E-state index is 0.0565. The number of nitrogens with zero attached hydrogens (tertiary/aromatic N) is 2. The molecule has 1 amide bonds. The standard InChI is InChI=1S/C26H20ClN3O5S2/c1-3-15-30-22-14-7-18(25(32)35-4-2)16-23(22)36-26(30)28-24(31)17-5-10-20(11-6-17)29-37(33,34)21-12-8-19(27)9-13-21/h1,5-14,16,29H,4,15H2,2H3. The first kappa shape index (κ1) is 26.2. The van der Waals surface area contributed by atoms with Crippen molar-refractivity contribution < 1.29 is 22.7 Å². The number of thiazole rings is 1. The van der Waals surface area contributed by atoms with Gasteiger partial charge in [0.1, 0.15) is 0 Å². The average molecular weight is 554 g/mol. The van der Waals surface area contributed by atoms with Gasteiger partial charge < -0.3 is 9.30 Å².